The SMILES string of the molecule is O=C(Cc1ccc(CC2CCCN2)cc1)c1ccc(Cl)cc1. The summed E-state index contributed by atoms with van der Waals surface area (Å²) in [6.07, 6.45) is 4.05. The molecule has 0 amide bonds. The van der Waals surface area contributed by atoms with Crippen molar-refractivity contribution in [3.8, 4) is 0 Å². The molecule has 1 saturated heterocycles. The Morgan fingerprint density at radius 2 is 1.73 bits per heavy atom. The fraction of sp³-hybridized carbons (Fsp3) is 0.316. The van der Waals surface area contributed by atoms with E-state index in [4.69, 9.17) is 11.6 Å². The molecule has 1 aliphatic rings. The predicted molar refractivity (Wildman–Crippen MR) is 90.7 cm³/mol. The van der Waals surface area contributed by atoms with Gasteiger partial charge in [0.05, 0.1) is 0 Å². The number of ketones is 1. The van der Waals surface area contributed by atoms with Gasteiger partial charge < -0.3 is 5.32 Å². The third kappa shape index (κ3) is 3.96. The van der Waals surface area contributed by atoms with Gasteiger partial charge in [0.15, 0.2) is 5.78 Å². The van der Waals surface area contributed by atoms with Crippen LogP contribution in [0, 0.1) is 0 Å². The van der Waals surface area contributed by atoms with E-state index in [9.17, 15) is 4.79 Å². The van der Waals surface area contributed by atoms with Crippen molar-refractivity contribution in [3.05, 3.63) is 70.2 Å². The van der Waals surface area contributed by atoms with E-state index < -0.39 is 0 Å². The zero-order chi connectivity index (χ0) is 15.4. The summed E-state index contributed by atoms with van der Waals surface area (Å²) in [5, 5.41) is 4.17. The number of carbonyl (C=O) groups excluding carboxylic acids is 1. The van der Waals surface area contributed by atoms with Gasteiger partial charge in [0, 0.05) is 23.0 Å². The van der Waals surface area contributed by atoms with Gasteiger partial charge in [0.2, 0.25) is 0 Å². The Labute approximate surface area is 136 Å². The number of carbonyl (C=O) groups is 1. The molecule has 2 aromatic rings. The van der Waals surface area contributed by atoms with Crippen LogP contribution in [0.5, 0.6) is 0 Å². The molecule has 2 nitrogen and oxygen atoms in total. The molecule has 0 aromatic heterocycles. The summed E-state index contributed by atoms with van der Waals surface area (Å²) < 4.78 is 0. The third-order valence-electron chi connectivity index (χ3n) is 4.20. The van der Waals surface area contributed by atoms with Gasteiger partial charge in [-0.1, -0.05) is 35.9 Å². The Hall–Kier alpha value is -1.64. The number of hydrogen-bond acceptors (Lipinski definition) is 2. The number of halogens is 1. The van der Waals surface area contributed by atoms with Gasteiger partial charge in [0.25, 0.3) is 0 Å². The average Bonchev–Trinajstić information content (AvgIpc) is 3.03. The van der Waals surface area contributed by atoms with Crippen LogP contribution in [-0.4, -0.2) is 18.4 Å². The first-order valence-electron chi connectivity index (χ1n) is 7.81. The molecule has 1 heterocycles. The van der Waals surface area contributed by atoms with Crippen molar-refractivity contribution >= 4 is 17.4 Å². The molecule has 0 aliphatic carbocycles. The van der Waals surface area contributed by atoms with Crippen molar-refractivity contribution < 1.29 is 4.79 Å². The predicted octanol–water partition coefficient (Wildman–Crippen LogP) is 4.06. The molecule has 1 fully saturated rings. The summed E-state index contributed by atoms with van der Waals surface area (Å²) in [5.74, 6) is 0.127. The lowest BCUT2D eigenvalue weighted by Gasteiger charge is -2.10. The summed E-state index contributed by atoms with van der Waals surface area (Å²) in [4.78, 5) is 12.2. The van der Waals surface area contributed by atoms with Crippen LogP contribution >= 0.6 is 11.6 Å². The second-order valence-electron chi connectivity index (χ2n) is 5.92. The van der Waals surface area contributed by atoms with Crippen LogP contribution in [0.25, 0.3) is 0 Å². The summed E-state index contributed by atoms with van der Waals surface area (Å²) in [5.41, 5.74) is 3.11. The molecule has 2 aromatic carbocycles. The van der Waals surface area contributed by atoms with Crippen LogP contribution in [0.1, 0.15) is 34.3 Å². The molecule has 0 saturated carbocycles. The van der Waals surface area contributed by atoms with E-state index >= 15 is 0 Å². The smallest absolute Gasteiger partial charge is 0.167 e. The van der Waals surface area contributed by atoms with Gasteiger partial charge in [-0.2, -0.15) is 0 Å². The van der Waals surface area contributed by atoms with E-state index in [1.165, 1.54) is 18.4 Å². The highest BCUT2D eigenvalue weighted by Crippen LogP contribution is 2.15. The van der Waals surface area contributed by atoms with Crippen LogP contribution in [0.2, 0.25) is 5.02 Å². The Bertz CT molecular complexity index is 627. The van der Waals surface area contributed by atoms with E-state index in [1.54, 1.807) is 24.3 Å². The van der Waals surface area contributed by atoms with E-state index in [0.29, 0.717) is 23.0 Å². The number of nitrogens with one attached hydrogen (secondary N) is 1. The largest absolute Gasteiger partial charge is 0.314 e. The molecule has 114 valence electrons. The molecule has 1 aliphatic heterocycles. The Kier molecular flexibility index (Phi) is 4.91. The van der Waals surface area contributed by atoms with Gasteiger partial charge >= 0.3 is 0 Å². The number of rotatable bonds is 5. The molecular weight excluding hydrogens is 294 g/mol. The summed E-state index contributed by atoms with van der Waals surface area (Å²) in [7, 11) is 0. The summed E-state index contributed by atoms with van der Waals surface area (Å²) in [6, 6.07) is 16.1. The molecule has 0 radical (unpaired) electrons. The van der Waals surface area contributed by atoms with Gasteiger partial charge in [0.1, 0.15) is 0 Å². The zero-order valence-electron chi connectivity index (χ0n) is 12.5. The normalized spacial score (nSPS) is 17.6. The van der Waals surface area contributed by atoms with E-state index in [2.05, 4.69) is 29.6 Å². The minimum Gasteiger partial charge on any atom is -0.314 e. The van der Waals surface area contributed by atoms with Crippen molar-refractivity contribution in [2.24, 2.45) is 0 Å². The number of hydrogen-bond donors (Lipinski definition) is 1. The molecule has 1 unspecified atom stereocenters. The quantitative estimate of drug-likeness (QED) is 0.843. The molecular formula is C19H20ClNO. The van der Waals surface area contributed by atoms with Crippen molar-refractivity contribution in [1.82, 2.24) is 5.32 Å². The fourth-order valence-corrected chi connectivity index (χ4v) is 3.06. The average molecular weight is 314 g/mol. The van der Waals surface area contributed by atoms with Crippen LogP contribution in [0.4, 0.5) is 0 Å². The van der Waals surface area contributed by atoms with Crippen molar-refractivity contribution in [1.29, 1.82) is 0 Å². The van der Waals surface area contributed by atoms with Gasteiger partial charge in [-0.05, 0) is 61.2 Å². The van der Waals surface area contributed by atoms with Crippen molar-refractivity contribution in [2.75, 3.05) is 6.54 Å². The molecule has 1 N–H and O–H groups in total. The maximum Gasteiger partial charge on any atom is 0.167 e. The minimum atomic E-state index is 0.127. The highest BCUT2D eigenvalue weighted by molar-refractivity contribution is 6.30. The fourth-order valence-electron chi connectivity index (χ4n) is 2.93. The van der Waals surface area contributed by atoms with E-state index in [0.717, 1.165) is 18.5 Å². The Balaban J connectivity index is 1.60. The minimum absolute atomic E-state index is 0.127. The van der Waals surface area contributed by atoms with Crippen LogP contribution in [0.15, 0.2) is 48.5 Å². The lowest BCUT2D eigenvalue weighted by Crippen LogP contribution is -2.23. The molecule has 3 rings (SSSR count). The van der Waals surface area contributed by atoms with Crippen molar-refractivity contribution in [3.63, 3.8) is 0 Å². The Morgan fingerprint density at radius 3 is 2.36 bits per heavy atom. The lowest BCUT2D eigenvalue weighted by atomic mass is 9.99. The second kappa shape index (κ2) is 7.08. The summed E-state index contributed by atoms with van der Waals surface area (Å²) >= 11 is 5.85. The number of benzene rings is 2. The monoisotopic (exact) mass is 313 g/mol. The molecule has 3 heteroatoms. The zero-order valence-corrected chi connectivity index (χ0v) is 13.3. The van der Waals surface area contributed by atoms with Crippen LogP contribution in [-0.2, 0) is 12.8 Å². The maximum atomic E-state index is 12.2. The van der Waals surface area contributed by atoms with Gasteiger partial charge in [-0.25, -0.2) is 0 Å². The highest BCUT2D eigenvalue weighted by atomic mass is 35.5. The molecule has 22 heavy (non-hydrogen) atoms. The maximum absolute atomic E-state index is 12.2. The standard InChI is InChI=1S/C19H20ClNO/c20-17-9-7-16(8-10-17)19(22)13-15-5-3-14(4-6-15)12-18-2-1-11-21-18/h3-10,18,21H,1-2,11-13H2. The van der Waals surface area contributed by atoms with Gasteiger partial charge in [-0.15, -0.1) is 0 Å². The molecule has 0 bridgehead atoms. The number of Topliss-reactive ketones (excluding diaryl/α,β-unsaturated/α-hetero) is 1. The van der Waals surface area contributed by atoms with Crippen molar-refractivity contribution in [2.45, 2.75) is 31.7 Å². The molecule has 1 atom stereocenters. The molecule has 0 spiro atoms. The summed E-state index contributed by atoms with van der Waals surface area (Å²) in [6.45, 7) is 1.14. The lowest BCUT2D eigenvalue weighted by molar-refractivity contribution is 0.0993. The second-order valence-corrected chi connectivity index (χ2v) is 6.36. The first-order chi connectivity index (χ1) is 10.7. The third-order valence-corrected chi connectivity index (χ3v) is 4.45. The highest BCUT2D eigenvalue weighted by Gasteiger charge is 2.14. The van der Waals surface area contributed by atoms with Crippen LogP contribution in [0.3, 0.4) is 0 Å². The van der Waals surface area contributed by atoms with Gasteiger partial charge in [-0.3, -0.25) is 4.79 Å². The first kappa shape index (κ1) is 15.3. The van der Waals surface area contributed by atoms with E-state index in [1.807, 2.05) is 0 Å². The first-order valence-corrected chi connectivity index (χ1v) is 8.18. The van der Waals surface area contributed by atoms with E-state index in [-0.39, 0.29) is 5.78 Å². The van der Waals surface area contributed by atoms with Crippen LogP contribution < -0.4 is 5.32 Å². The Morgan fingerprint density at radius 1 is 1.05 bits per heavy atom. The topological polar surface area (TPSA) is 29.1 Å².